The number of hydrogen-bond acceptors (Lipinski definition) is 2. The van der Waals surface area contributed by atoms with Crippen molar-refractivity contribution in [2.75, 3.05) is 6.54 Å². The Balaban J connectivity index is 2.42. The van der Waals surface area contributed by atoms with Crippen LogP contribution >= 0.6 is 11.6 Å². The van der Waals surface area contributed by atoms with Gasteiger partial charge in [0.2, 0.25) is 0 Å². The SMILES string of the molecule is Cc1cc(C2(C)C=C(N)NC2)ccc1Cl. The molecule has 1 aromatic rings. The third-order valence-electron chi connectivity index (χ3n) is 2.95. The average Bonchev–Trinajstić information content (AvgIpc) is 2.52. The summed E-state index contributed by atoms with van der Waals surface area (Å²) in [5, 5.41) is 3.96. The Morgan fingerprint density at radius 2 is 2.20 bits per heavy atom. The summed E-state index contributed by atoms with van der Waals surface area (Å²) in [7, 11) is 0. The van der Waals surface area contributed by atoms with Gasteiger partial charge in [-0.25, -0.2) is 0 Å². The second kappa shape index (κ2) is 3.46. The standard InChI is InChI=1S/C12H15ClN2/c1-8-5-9(3-4-10(8)13)12(2)6-11(14)15-7-12/h3-6,15H,7,14H2,1-2H3. The summed E-state index contributed by atoms with van der Waals surface area (Å²) in [6.07, 6.45) is 2.07. The number of rotatable bonds is 1. The number of halogens is 1. The highest BCUT2D eigenvalue weighted by Crippen LogP contribution is 2.31. The molecule has 0 saturated carbocycles. The number of benzene rings is 1. The van der Waals surface area contributed by atoms with E-state index in [4.69, 9.17) is 17.3 Å². The minimum atomic E-state index is -0.0145. The Morgan fingerprint density at radius 1 is 1.47 bits per heavy atom. The van der Waals surface area contributed by atoms with Crippen LogP contribution < -0.4 is 11.1 Å². The Hall–Kier alpha value is -1.15. The highest BCUT2D eigenvalue weighted by atomic mass is 35.5. The molecular formula is C12H15ClN2. The molecule has 1 atom stereocenters. The molecule has 3 heteroatoms. The van der Waals surface area contributed by atoms with E-state index in [9.17, 15) is 0 Å². The van der Waals surface area contributed by atoms with Crippen molar-refractivity contribution in [3.63, 3.8) is 0 Å². The van der Waals surface area contributed by atoms with E-state index in [1.807, 2.05) is 13.0 Å². The minimum Gasteiger partial charge on any atom is -0.386 e. The summed E-state index contributed by atoms with van der Waals surface area (Å²) in [6, 6.07) is 6.13. The molecule has 0 saturated heterocycles. The van der Waals surface area contributed by atoms with Crippen LogP contribution in [0, 0.1) is 6.92 Å². The Morgan fingerprint density at radius 3 is 2.73 bits per heavy atom. The molecule has 3 N–H and O–H groups in total. The predicted molar refractivity (Wildman–Crippen MR) is 63.8 cm³/mol. The highest BCUT2D eigenvalue weighted by molar-refractivity contribution is 6.31. The van der Waals surface area contributed by atoms with Gasteiger partial charge in [0.25, 0.3) is 0 Å². The van der Waals surface area contributed by atoms with Gasteiger partial charge in [0.15, 0.2) is 0 Å². The molecule has 0 bridgehead atoms. The molecule has 80 valence electrons. The second-order valence-electron chi connectivity index (χ2n) is 4.33. The zero-order chi connectivity index (χ0) is 11.1. The lowest BCUT2D eigenvalue weighted by molar-refractivity contribution is 0.601. The number of hydrogen-bond donors (Lipinski definition) is 2. The molecule has 2 rings (SSSR count). The molecule has 1 aliphatic rings. The van der Waals surface area contributed by atoms with Gasteiger partial charge in [0.1, 0.15) is 0 Å². The van der Waals surface area contributed by atoms with Crippen LogP contribution in [0.1, 0.15) is 18.1 Å². The fourth-order valence-corrected chi connectivity index (χ4v) is 2.03. The second-order valence-corrected chi connectivity index (χ2v) is 4.74. The van der Waals surface area contributed by atoms with Crippen LogP contribution in [0.5, 0.6) is 0 Å². The number of aryl methyl sites for hydroxylation is 1. The Bertz CT molecular complexity index is 426. The van der Waals surface area contributed by atoms with Crippen LogP contribution in [0.2, 0.25) is 5.02 Å². The topological polar surface area (TPSA) is 38.0 Å². The van der Waals surface area contributed by atoms with Crippen molar-refractivity contribution < 1.29 is 0 Å². The van der Waals surface area contributed by atoms with E-state index in [1.54, 1.807) is 0 Å². The zero-order valence-corrected chi connectivity index (χ0v) is 9.73. The van der Waals surface area contributed by atoms with Crippen molar-refractivity contribution in [1.82, 2.24) is 5.32 Å². The van der Waals surface area contributed by atoms with Crippen LogP contribution in [0.25, 0.3) is 0 Å². The summed E-state index contributed by atoms with van der Waals surface area (Å²) < 4.78 is 0. The highest BCUT2D eigenvalue weighted by Gasteiger charge is 2.29. The maximum absolute atomic E-state index is 6.01. The van der Waals surface area contributed by atoms with Gasteiger partial charge >= 0.3 is 0 Å². The van der Waals surface area contributed by atoms with Crippen LogP contribution in [0.3, 0.4) is 0 Å². The van der Waals surface area contributed by atoms with E-state index >= 15 is 0 Å². The summed E-state index contributed by atoms with van der Waals surface area (Å²) >= 11 is 6.01. The van der Waals surface area contributed by atoms with Crippen molar-refractivity contribution in [2.45, 2.75) is 19.3 Å². The van der Waals surface area contributed by atoms with Gasteiger partial charge in [0, 0.05) is 17.0 Å². The van der Waals surface area contributed by atoms with Crippen LogP contribution in [0.4, 0.5) is 0 Å². The molecule has 1 aliphatic heterocycles. The quantitative estimate of drug-likeness (QED) is 0.766. The lowest BCUT2D eigenvalue weighted by Gasteiger charge is -2.22. The Labute approximate surface area is 95.1 Å². The fraction of sp³-hybridized carbons (Fsp3) is 0.333. The first-order chi connectivity index (χ1) is 7.01. The largest absolute Gasteiger partial charge is 0.386 e. The van der Waals surface area contributed by atoms with Gasteiger partial charge in [-0.05, 0) is 30.2 Å². The third-order valence-corrected chi connectivity index (χ3v) is 3.38. The summed E-state index contributed by atoms with van der Waals surface area (Å²) in [4.78, 5) is 0. The van der Waals surface area contributed by atoms with Crippen LogP contribution in [-0.2, 0) is 5.41 Å². The molecule has 1 heterocycles. The molecule has 0 fully saturated rings. The zero-order valence-electron chi connectivity index (χ0n) is 8.97. The Kier molecular flexibility index (Phi) is 2.39. The maximum Gasteiger partial charge on any atom is 0.0928 e. The van der Waals surface area contributed by atoms with E-state index in [0.29, 0.717) is 0 Å². The lowest BCUT2D eigenvalue weighted by atomic mass is 9.83. The first-order valence-electron chi connectivity index (χ1n) is 5.00. The monoisotopic (exact) mass is 222 g/mol. The average molecular weight is 223 g/mol. The molecule has 0 aromatic heterocycles. The molecule has 15 heavy (non-hydrogen) atoms. The third kappa shape index (κ3) is 1.82. The normalized spacial score (nSPS) is 24.9. The number of nitrogens with two attached hydrogens (primary N) is 1. The van der Waals surface area contributed by atoms with Crippen LogP contribution in [-0.4, -0.2) is 6.54 Å². The predicted octanol–water partition coefficient (Wildman–Crippen LogP) is 2.31. The molecule has 0 radical (unpaired) electrons. The van der Waals surface area contributed by atoms with E-state index in [1.165, 1.54) is 5.56 Å². The van der Waals surface area contributed by atoms with Gasteiger partial charge in [-0.15, -0.1) is 0 Å². The van der Waals surface area contributed by atoms with Crippen molar-refractivity contribution >= 4 is 11.6 Å². The van der Waals surface area contributed by atoms with E-state index < -0.39 is 0 Å². The molecule has 0 spiro atoms. The van der Waals surface area contributed by atoms with Crippen LogP contribution in [0.15, 0.2) is 30.1 Å². The van der Waals surface area contributed by atoms with Crippen molar-refractivity contribution in [3.05, 3.63) is 46.2 Å². The molecule has 0 amide bonds. The van der Waals surface area contributed by atoms with Gasteiger partial charge in [-0.3, -0.25) is 0 Å². The molecule has 1 unspecified atom stereocenters. The lowest BCUT2D eigenvalue weighted by Crippen LogP contribution is -2.26. The van der Waals surface area contributed by atoms with Crippen molar-refractivity contribution in [1.29, 1.82) is 0 Å². The first-order valence-corrected chi connectivity index (χ1v) is 5.38. The number of nitrogens with one attached hydrogen (secondary N) is 1. The van der Waals surface area contributed by atoms with Gasteiger partial charge in [-0.2, -0.15) is 0 Å². The van der Waals surface area contributed by atoms with E-state index in [2.05, 4.69) is 30.4 Å². The maximum atomic E-state index is 6.01. The van der Waals surface area contributed by atoms with Gasteiger partial charge < -0.3 is 11.1 Å². The smallest absolute Gasteiger partial charge is 0.0928 e. The fourth-order valence-electron chi connectivity index (χ4n) is 1.92. The van der Waals surface area contributed by atoms with E-state index in [-0.39, 0.29) is 5.41 Å². The van der Waals surface area contributed by atoms with Crippen molar-refractivity contribution in [2.24, 2.45) is 5.73 Å². The van der Waals surface area contributed by atoms with Gasteiger partial charge in [-0.1, -0.05) is 30.7 Å². The summed E-state index contributed by atoms with van der Waals surface area (Å²) in [5.74, 6) is 0.755. The summed E-state index contributed by atoms with van der Waals surface area (Å²) in [6.45, 7) is 5.03. The minimum absolute atomic E-state index is 0.0145. The summed E-state index contributed by atoms with van der Waals surface area (Å²) in [5.41, 5.74) is 8.08. The molecular weight excluding hydrogens is 208 g/mol. The molecule has 0 aliphatic carbocycles. The van der Waals surface area contributed by atoms with E-state index in [0.717, 1.165) is 23.0 Å². The molecule has 2 nitrogen and oxygen atoms in total. The molecule has 1 aromatic carbocycles. The first kappa shape index (κ1) is 10.4. The van der Waals surface area contributed by atoms with Crippen molar-refractivity contribution in [3.8, 4) is 0 Å². The van der Waals surface area contributed by atoms with Gasteiger partial charge in [0.05, 0.1) is 5.82 Å².